The van der Waals surface area contributed by atoms with Gasteiger partial charge in [0.05, 0.1) is 6.61 Å². The molecule has 0 bridgehead atoms. The Bertz CT molecular complexity index is 534. The van der Waals surface area contributed by atoms with Gasteiger partial charge in [0, 0.05) is 51.5 Å². The molecule has 1 saturated carbocycles. The molecule has 3 rings (SSSR count). The molecular formula is C18H27N3O2. The van der Waals surface area contributed by atoms with Gasteiger partial charge in [0.25, 0.3) is 0 Å². The van der Waals surface area contributed by atoms with E-state index in [1.807, 2.05) is 18.5 Å². The molecule has 0 spiro atoms. The monoisotopic (exact) mass is 317 g/mol. The second kappa shape index (κ2) is 6.97. The number of hydrogen-bond donors (Lipinski definition) is 0. The van der Waals surface area contributed by atoms with E-state index in [-0.39, 0.29) is 17.9 Å². The van der Waals surface area contributed by atoms with E-state index in [0.717, 1.165) is 19.6 Å². The minimum Gasteiger partial charge on any atom is -0.371 e. The molecule has 23 heavy (non-hydrogen) atoms. The number of rotatable bonds is 6. The van der Waals surface area contributed by atoms with Crippen molar-refractivity contribution >= 4 is 5.91 Å². The maximum atomic E-state index is 11.7. The van der Waals surface area contributed by atoms with Crippen LogP contribution in [-0.2, 0) is 16.1 Å². The zero-order valence-corrected chi connectivity index (χ0v) is 14.2. The first-order chi connectivity index (χ1) is 11.1. The smallest absolute Gasteiger partial charge is 0.248 e. The molecule has 0 aromatic carbocycles. The third-order valence-electron chi connectivity index (χ3n) is 5.35. The van der Waals surface area contributed by atoms with Gasteiger partial charge in [-0.25, -0.2) is 0 Å². The van der Waals surface area contributed by atoms with Crippen LogP contribution in [0.25, 0.3) is 0 Å². The fraction of sp³-hybridized carbons (Fsp3) is 0.667. The third-order valence-corrected chi connectivity index (χ3v) is 5.35. The van der Waals surface area contributed by atoms with Crippen molar-refractivity contribution in [3.05, 3.63) is 30.1 Å². The Morgan fingerprint density at radius 1 is 1.52 bits per heavy atom. The van der Waals surface area contributed by atoms with Crippen molar-refractivity contribution in [1.82, 2.24) is 14.8 Å². The van der Waals surface area contributed by atoms with Gasteiger partial charge in [0.1, 0.15) is 6.61 Å². The molecular weight excluding hydrogens is 290 g/mol. The van der Waals surface area contributed by atoms with Crippen LogP contribution in [0.15, 0.2) is 24.5 Å². The molecule has 0 radical (unpaired) electrons. The number of nitrogens with zero attached hydrogens (tertiary/aromatic N) is 3. The quantitative estimate of drug-likeness (QED) is 0.802. The summed E-state index contributed by atoms with van der Waals surface area (Å²) in [6, 6.07) is 4.14. The molecule has 1 aromatic rings. The molecule has 1 aliphatic heterocycles. The standard InChI is InChI=1S/C18H27N3O2/c1-20(2)17(22)12-23-14-18-7-3-6-16(18)11-21(13-18)10-15-5-4-8-19-9-15/h4-5,8-9,16H,3,6-7,10-14H2,1-2H3/t16-,18+/m0/s1. The summed E-state index contributed by atoms with van der Waals surface area (Å²) >= 11 is 0. The summed E-state index contributed by atoms with van der Waals surface area (Å²) in [5.74, 6) is 0.745. The van der Waals surface area contributed by atoms with Gasteiger partial charge in [-0.05, 0) is 30.4 Å². The van der Waals surface area contributed by atoms with E-state index >= 15 is 0 Å². The normalized spacial score (nSPS) is 27.1. The highest BCUT2D eigenvalue weighted by molar-refractivity contribution is 5.76. The van der Waals surface area contributed by atoms with Gasteiger partial charge in [-0.15, -0.1) is 0 Å². The number of carbonyl (C=O) groups excluding carboxylic acids is 1. The van der Waals surface area contributed by atoms with Gasteiger partial charge >= 0.3 is 0 Å². The molecule has 1 aliphatic carbocycles. The maximum Gasteiger partial charge on any atom is 0.248 e. The van der Waals surface area contributed by atoms with Crippen LogP contribution in [0.1, 0.15) is 24.8 Å². The van der Waals surface area contributed by atoms with E-state index in [1.54, 1.807) is 19.0 Å². The average molecular weight is 317 g/mol. The van der Waals surface area contributed by atoms with Crippen LogP contribution in [0.2, 0.25) is 0 Å². The summed E-state index contributed by atoms with van der Waals surface area (Å²) in [7, 11) is 3.54. The van der Waals surface area contributed by atoms with Gasteiger partial charge in [-0.2, -0.15) is 0 Å². The van der Waals surface area contributed by atoms with Crippen molar-refractivity contribution in [3.63, 3.8) is 0 Å². The molecule has 2 atom stereocenters. The summed E-state index contributed by atoms with van der Waals surface area (Å²) < 4.78 is 5.81. The largest absolute Gasteiger partial charge is 0.371 e. The predicted octanol–water partition coefficient (Wildman–Crippen LogP) is 1.79. The van der Waals surface area contributed by atoms with Gasteiger partial charge in [-0.1, -0.05) is 12.5 Å². The number of hydrogen-bond acceptors (Lipinski definition) is 4. The molecule has 0 unspecified atom stereocenters. The van der Waals surface area contributed by atoms with Gasteiger partial charge < -0.3 is 9.64 Å². The minimum atomic E-state index is 0.0427. The number of likely N-dealkylation sites (N-methyl/N-ethyl adjacent to an activating group) is 1. The maximum absolute atomic E-state index is 11.7. The van der Waals surface area contributed by atoms with Crippen molar-refractivity contribution < 1.29 is 9.53 Å². The molecule has 2 aliphatic rings. The number of carbonyl (C=O) groups is 1. The summed E-state index contributed by atoms with van der Waals surface area (Å²) in [5.41, 5.74) is 1.51. The Hall–Kier alpha value is -1.46. The zero-order valence-electron chi connectivity index (χ0n) is 14.2. The van der Waals surface area contributed by atoms with Crippen LogP contribution in [0, 0.1) is 11.3 Å². The number of fused-ring (bicyclic) bond motifs is 1. The summed E-state index contributed by atoms with van der Waals surface area (Å²) in [6.07, 6.45) is 7.56. The molecule has 2 fully saturated rings. The fourth-order valence-corrected chi connectivity index (χ4v) is 4.10. The van der Waals surface area contributed by atoms with Crippen molar-refractivity contribution in [3.8, 4) is 0 Å². The van der Waals surface area contributed by atoms with Crippen molar-refractivity contribution in [2.75, 3.05) is 40.4 Å². The van der Waals surface area contributed by atoms with E-state index in [1.165, 1.54) is 24.8 Å². The lowest BCUT2D eigenvalue weighted by atomic mass is 9.81. The summed E-state index contributed by atoms with van der Waals surface area (Å²) in [5, 5.41) is 0. The van der Waals surface area contributed by atoms with E-state index in [0.29, 0.717) is 12.5 Å². The number of ether oxygens (including phenoxy) is 1. The van der Waals surface area contributed by atoms with Crippen LogP contribution in [-0.4, -0.2) is 61.1 Å². The Kier molecular flexibility index (Phi) is 4.97. The summed E-state index contributed by atoms with van der Waals surface area (Å²) in [6.45, 7) is 4.08. The van der Waals surface area contributed by atoms with E-state index in [2.05, 4.69) is 16.0 Å². The van der Waals surface area contributed by atoms with Crippen LogP contribution < -0.4 is 0 Å². The Balaban J connectivity index is 1.56. The second-order valence-corrected chi connectivity index (χ2v) is 7.26. The molecule has 1 saturated heterocycles. The average Bonchev–Trinajstić information content (AvgIpc) is 3.04. The lowest BCUT2D eigenvalue weighted by Crippen LogP contribution is -2.34. The Morgan fingerprint density at radius 2 is 2.39 bits per heavy atom. The number of aromatic nitrogens is 1. The van der Waals surface area contributed by atoms with E-state index in [4.69, 9.17) is 4.74 Å². The predicted molar refractivity (Wildman–Crippen MR) is 88.8 cm³/mol. The van der Waals surface area contributed by atoms with Gasteiger partial charge in [0.15, 0.2) is 0 Å². The molecule has 1 amide bonds. The first kappa shape index (κ1) is 16.4. The fourth-order valence-electron chi connectivity index (χ4n) is 4.10. The van der Waals surface area contributed by atoms with Crippen molar-refractivity contribution in [1.29, 1.82) is 0 Å². The first-order valence-electron chi connectivity index (χ1n) is 8.48. The van der Waals surface area contributed by atoms with Gasteiger partial charge in [-0.3, -0.25) is 14.7 Å². The highest BCUT2D eigenvalue weighted by Gasteiger charge is 2.49. The van der Waals surface area contributed by atoms with E-state index in [9.17, 15) is 4.79 Å². The van der Waals surface area contributed by atoms with Crippen molar-refractivity contribution in [2.45, 2.75) is 25.8 Å². The first-order valence-corrected chi connectivity index (χ1v) is 8.48. The second-order valence-electron chi connectivity index (χ2n) is 7.26. The van der Waals surface area contributed by atoms with E-state index < -0.39 is 0 Å². The van der Waals surface area contributed by atoms with Crippen LogP contribution in [0.3, 0.4) is 0 Å². The zero-order chi connectivity index (χ0) is 16.3. The summed E-state index contributed by atoms with van der Waals surface area (Å²) in [4.78, 5) is 20.0. The molecule has 5 nitrogen and oxygen atoms in total. The third kappa shape index (κ3) is 3.72. The lowest BCUT2D eigenvalue weighted by Gasteiger charge is -2.29. The molecule has 126 valence electrons. The van der Waals surface area contributed by atoms with Crippen LogP contribution >= 0.6 is 0 Å². The minimum absolute atomic E-state index is 0.0427. The molecule has 2 heterocycles. The van der Waals surface area contributed by atoms with Crippen molar-refractivity contribution in [2.24, 2.45) is 11.3 Å². The van der Waals surface area contributed by atoms with Gasteiger partial charge in [0.2, 0.25) is 5.91 Å². The highest BCUT2D eigenvalue weighted by atomic mass is 16.5. The molecule has 0 N–H and O–H groups in total. The highest BCUT2D eigenvalue weighted by Crippen LogP contribution is 2.49. The Morgan fingerprint density at radius 3 is 3.13 bits per heavy atom. The molecule has 1 aromatic heterocycles. The lowest BCUT2D eigenvalue weighted by molar-refractivity contribution is -0.135. The number of amides is 1. The SMILES string of the molecule is CN(C)C(=O)COC[C@]12CCC[C@H]1CN(Cc1cccnc1)C2. The Labute approximate surface area is 138 Å². The van der Waals surface area contributed by atoms with Crippen LogP contribution in [0.5, 0.6) is 0 Å². The number of likely N-dealkylation sites (tertiary alicyclic amines) is 1. The molecule has 5 heteroatoms. The topological polar surface area (TPSA) is 45.7 Å². The number of pyridine rings is 1. The van der Waals surface area contributed by atoms with Crippen LogP contribution in [0.4, 0.5) is 0 Å².